The van der Waals surface area contributed by atoms with E-state index in [-0.39, 0.29) is 50.2 Å². The van der Waals surface area contributed by atoms with Crippen molar-refractivity contribution in [2.45, 2.75) is 29.9 Å². The Morgan fingerprint density at radius 2 is 2.08 bits per heavy atom. The number of carbonyl (C=O) groups is 4. The number of nitrogen functional groups attached to an aromatic ring is 1. The summed E-state index contributed by atoms with van der Waals surface area (Å²) in [5.41, 5.74) is 5.51. The number of H-pyrrole nitrogens is 1. The highest BCUT2D eigenvalue weighted by molar-refractivity contribution is 8.01. The Hall–Kier alpha value is -3.90. The number of aromatic nitrogens is 3. The first kappa shape index (κ1) is 28.1. The number of hydrogen-bond donors (Lipinski definition) is 5. The molecule has 15 nitrogen and oxygen atoms in total. The highest BCUT2D eigenvalue weighted by Gasteiger charge is 2.54. The van der Waals surface area contributed by atoms with Gasteiger partial charge in [-0.1, -0.05) is 16.9 Å². The number of nitrogens with zero attached hydrogens (tertiary/aromatic N) is 4. The number of thioether (sulfide) groups is 2. The summed E-state index contributed by atoms with van der Waals surface area (Å²) in [6.45, 7) is 1.51. The van der Waals surface area contributed by atoms with Gasteiger partial charge in [0.05, 0.1) is 6.42 Å². The molecule has 2 aromatic rings. The number of thiazole rings is 1. The summed E-state index contributed by atoms with van der Waals surface area (Å²) in [7, 11) is 1.25. The number of hydrogen-bond acceptors (Lipinski definition) is 13. The van der Waals surface area contributed by atoms with E-state index < -0.39 is 47.1 Å². The molecule has 1 saturated heterocycles. The van der Waals surface area contributed by atoms with E-state index in [9.17, 15) is 29.1 Å². The molecule has 0 spiro atoms. The van der Waals surface area contributed by atoms with Crippen LogP contribution in [0.25, 0.3) is 0 Å². The Labute approximate surface area is 231 Å². The molecule has 0 bridgehead atoms. The highest BCUT2D eigenvalue weighted by Crippen LogP contribution is 2.41. The normalized spacial score (nSPS) is 18.9. The third kappa shape index (κ3) is 5.76. The third-order valence-electron chi connectivity index (χ3n) is 5.61. The number of β-lactam (4-membered cyclic amide) rings is 1. The molecule has 1 unspecified atom stereocenters. The van der Waals surface area contributed by atoms with Gasteiger partial charge >= 0.3 is 11.9 Å². The van der Waals surface area contributed by atoms with E-state index in [1.165, 1.54) is 31.2 Å². The largest absolute Gasteiger partial charge is 0.481 e. The fraction of sp³-hybridized carbons (Fsp3) is 0.333. The molecule has 4 heterocycles. The third-order valence-corrected chi connectivity index (χ3v) is 8.58. The zero-order chi connectivity index (χ0) is 28.4. The first-order chi connectivity index (χ1) is 18.5. The van der Waals surface area contributed by atoms with E-state index in [0.717, 1.165) is 28.0 Å². The fourth-order valence-corrected chi connectivity index (χ4v) is 6.80. The van der Waals surface area contributed by atoms with Gasteiger partial charge in [0, 0.05) is 28.1 Å². The molecule has 0 saturated carbocycles. The molecule has 206 valence electrons. The van der Waals surface area contributed by atoms with Crippen molar-refractivity contribution in [3.05, 3.63) is 44.0 Å². The average Bonchev–Trinajstić information content (AvgIpc) is 3.31. The molecule has 2 aliphatic heterocycles. The highest BCUT2D eigenvalue weighted by atomic mass is 32.2. The van der Waals surface area contributed by atoms with E-state index >= 15 is 0 Å². The van der Waals surface area contributed by atoms with E-state index in [2.05, 4.69) is 25.4 Å². The van der Waals surface area contributed by atoms with Gasteiger partial charge in [-0.25, -0.2) is 14.8 Å². The summed E-state index contributed by atoms with van der Waals surface area (Å²) in [6.07, 6.45) is -0.475. The lowest BCUT2D eigenvalue weighted by molar-refractivity contribution is -0.150. The van der Waals surface area contributed by atoms with Gasteiger partial charge in [0.1, 0.15) is 29.9 Å². The Morgan fingerprint density at radius 1 is 1.33 bits per heavy atom. The molecule has 6 N–H and O–H groups in total. The maximum Gasteiger partial charge on any atom is 0.352 e. The Kier molecular flexibility index (Phi) is 8.26. The molecule has 2 atom stereocenters. The van der Waals surface area contributed by atoms with Crippen molar-refractivity contribution in [1.29, 1.82) is 0 Å². The van der Waals surface area contributed by atoms with Crippen LogP contribution < -0.4 is 16.6 Å². The van der Waals surface area contributed by atoms with Gasteiger partial charge in [-0.15, -0.1) is 23.1 Å². The zero-order valence-corrected chi connectivity index (χ0v) is 22.7. The van der Waals surface area contributed by atoms with Gasteiger partial charge in [0.2, 0.25) is 0 Å². The molecule has 18 heteroatoms. The summed E-state index contributed by atoms with van der Waals surface area (Å²) in [6, 6.07) is -1.01. The molecule has 2 aliphatic rings. The number of fused-ring (bicyclic) bond motifs is 1. The van der Waals surface area contributed by atoms with E-state index in [1.54, 1.807) is 0 Å². The van der Waals surface area contributed by atoms with Gasteiger partial charge in [-0.2, -0.15) is 0 Å². The minimum atomic E-state index is -1.32. The summed E-state index contributed by atoms with van der Waals surface area (Å²) < 4.78 is 0. The number of aromatic amines is 1. The standard InChI is InChI=1S/C21H21N7O8S3/c1-7-9(3-11(29)30)15(31)26-21(23-7)39-5-8-4-37-18-13(17(33)28(18)14(8)19(34)35)25-16(32)12(27-36-2)10-6-38-20(22)24-10/h6,13,18H,3-5H2,1-2H3,(H2,22,24)(H,25,32)(H,29,30)(H,34,35)(H,23,26,31)/t13?,18-/m0/s1. The lowest BCUT2D eigenvalue weighted by Crippen LogP contribution is -2.71. The SMILES string of the molecule is CON=C(C(=O)NC1C(=O)N2C(C(=O)O)=C(CSc3nc(C)c(CC(=O)O)c(=O)[nH]3)CS[C@@H]12)c1csc(N)n1. The minimum Gasteiger partial charge on any atom is -0.481 e. The quantitative estimate of drug-likeness (QED) is 0.0776. The van der Waals surface area contributed by atoms with Crippen molar-refractivity contribution in [3.63, 3.8) is 0 Å². The Morgan fingerprint density at radius 3 is 2.67 bits per heavy atom. The second kappa shape index (κ2) is 11.5. The van der Waals surface area contributed by atoms with Crippen molar-refractivity contribution < 1.29 is 34.2 Å². The topological polar surface area (TPSA) is 230 Å². The molecular weight excluding hydrogens is 574 g/mol. The van der Waals surface area contributed by atoms with Crippen LogP contribution in [0.5, 0.6) is 0 Å². The number of oxime groups is 1. The number of aliphatic carboxylic acids is 2. The molecule has 2 aromatic heterocycles. The van der Waals surface area contributed by atoms with Crippen LogP contribution in [-0.4, -0.2) is 89.6 Å². The molecule has 1 fully saturated rings. The summed E-state index contributed by atoms with van der Waals surface area (Å²) in [5, 5.41) is 26.3. The van der Waals surface area contributed by atoms with Crippen molar-refractivity contribution in [2.24, 2.45) is 5.16 Å². The lowest BCUT2D eigenvalue weighted by Gasteiger charge is -2.49. The van der Waals surface area contributed by atoms with Crippen LogP contribution in [0, 0.1) is 6.92 Å². The molecule has 2 amide bonds. The molecule has 0 aliphatic carbocycles. The molecule has 0 radical (unpaired) electrons. The first-order valence-electron chi connectivity index (χ1n) is 11.0. The number of carbonyl (C=O) groups excluding carboxylic acids is 2. The zero-order valence-electron chi connectivity index (χ0n) is 20.3. The van der Waals surface area contributed by atoms with Crippen molar-refractivity contribution in [3.8, 4) is 0 Å². The van der Waals surface area contributed by atoms with Crippen LogP contribution in [0.1, 0.15) is 17.0 Å². The predicted octanol–water partition coefficient (Wildman–Crippen LogP) is -0.374. The number of anilines is 1. The van der Waals surface area contributed by atoms with Crippen molar-refractivity contribution in [2.75, 3.05) is 24.3 Å². The average molecular weight is 596 g/mol. The van der Waals surface area contributed by atoms with Gasteiger partial charge in [-0.3, -0.25) is 24.1 Å². The number of nitrogens with two attached hydrogens (primary N) is 1. The lowest BCUT2D eigenvalue weighted by atomic mass is 10.0. The van der Waals surface area contributed by atoms with Crippen LogP contribution in [-0.2, 0) is 30.4 Å². The van der Waals surface area contributed by atoms with Crippen LogP contribution in [0.15, 0.2) is 31.8 Å². The van der Waals surface area contributed by atoms with Crippen LogP contribution in [0.4, 0.5) is 5.13 Å². The van der Waals surface area contributed by atoms with E-state index in [0.29, 0.717) is 5.57 Å². The second-order valence-corrected chi connectivity index (χ2v) is 11.1. The molecule has 39 heavy (non-hydrogen) atoms. The fourth-order valence-electron chi connectivity index (χ4n) is 3.86. The van der Waals surface area contributed by atoms with Gasteiger partial charge < -0.3 is 31.1 Å². The van der Waals surface area contributed by atoms with Gasteiger partial charge in [0.25, 0.3) is 17.4 Å². The van der Waals surface area contributed by atoms with E-state index in [1.807, 2.05) is 0 Å². The van der Waals surface area contributed by atoms with E-state index in [4.69, 9.17) is 15.7 Å². The predicted molar refractivity (Wildman–Crippen MR) is 141 cm³/mol. The number of amides is 2. The maximum absolute atomic E-state index is 13.0. The van der Waals surface area contributed by atoms with Crippen LogP contribution >= 0.6 is 34.9 Å². The van der Waals surface area contributed by atoms with Crippen molar-refractivity contribution in [1.82, 2.24) is 25.2 Å². The second-order valence-electron chi connectivity index (χ2n) is 8.11. The summed E-state index contributed by atoms with van der Waals surface area (Å²) >= 11 is 3.41. The Balaban J connectivity index is 1.49. The summed E-state index contributed by atoms with van der Waals surface area (Å²) in [4.78, 5) is 77.8. The molecule has 0 aromatic carbocycles. The Bertz CT molecular complexity index is 1480. The monoisotopic (exact) mass is 595 g/mol. The van der Waals surface area contributed by atoms with Gasteiger partial charge in [-0.05, 0) is 12.5 Å². The van der Waals surface area contributed by atoms with Crippen molar-refractivity contribution >= 4 is 69.5 Å². The van der Waals surface area contributed by atoms with Gasteiger partial charge in [0.15, 0.2) is 16.0 Å². The number of nitrogens with one attached hydrogen (secondary N) is 2. The first-order valence-corrected chi connectivity index (χ1v) is 13.9. The smallest absolute Gasteiger partial charge is 0.352 e. The number of rotatable bonds is 10. The van der Waals surface area contributed by atoms with Crippen LogP contribution in [0.2, 0.25) is 0 Å². The van der Waals surface area contributed by atoms with Crippen LogP contribution in [0.3, 0.4) is 0 Å². The summed E-state index contributed by atoms with van der Waals surface area (Å²) in [5.74, 6) is -3.51. The molecular formula is C21H21N7O8S3. The number of aryl methyl sites for hydroxylation is 1. The number of carboxylic acid groups (broad SMARTS) is 2. The number of carboxylic acids is 2. The minimum absolute atomic E-state index is 0.0320. The maximum atomic E-state index is 13.0. The molecule has 4 rings (SSSR count).